The molecule has 0 spiro atoms. The summed E-state index contributed by atoms with van der Waals surface area (Å²) >= 11 is 0. The minimum atomic E-state index is -0.341. The minimum absolute atomic E-state index is 0.0908. The molecule has 3 heterocycles. The van der Waals surface area contributed by atoms with Crippen LogP contribution in [0.25, 0.3) is 5.65 Å². The van der Waals surface area contributed by atoms with Gasteiger partial charge in [-0.15, -0.1) is 0 Å². The van der Waals surface area contributed by atoms with Gasteiger partial charge < -0.3 is 19.1 Å². The maximum absolute atomic E-state index is 13.1. The predicted octanol–water partition coefficient (Wildman–Crippen LogP) is 1.99. The zero-order valence-electron chi connectivity index (χ0n) is 19.3. The van der Waals surface area contributed by atoms with Gasteiger partial charge in [-0.2, -0.15) is 0 Å². The van der Waals surface area contributed by atoms with E-state index >= 15 is 0 Å². The third-order valence-corrected chi connectivity index (χ3v) is 5.92. The van der Waals surface area contributed by atoms with E-state index < -0.39 is 0 Å². The third-order valence-electron chi connectivity index (χ3n) is 5.92. The lowest BCUT2D eigenvalue weighted by Crippen LogP contribution is -2.49. The van der Waals surface area contributed by atoms with E-state index in [1.54, 1.807) is 38.5 Å². The number of carbonyl (C=O) groups excluding carboxylic acids is 1. The molecule has 0 aliphatic carbocycles. The van der Waals surface area contributed by atoms with Crippen LogP contribution in [-0.2, 0) is 6.54 Å². The highest BCUT2D eigenvalue weighted by Gasteiger charge is 2.26. The maximum atomic E-state index is 13.1. The Kier molecular flexibility index (Phi) is 6.50. The second-order valence-electron chi connectivity index (χ2n) is 7.97. The van der Waals surface area contributed by atoms with E-state index in [1.807, 2.05) is 25.1 Å². The summed E-state index contributed by atoms with van der Waals surface area (Å²) in [6, 6.07) is 7.47. The average Bonchev–Trinajstić information content (AvgIpc) is 2.84. The van der Waals surface area contributed by atoms with Crippen LogP contribution in [0.1, 0.15) is 21.5 Å². The van der Waals surface area contributed by atoms with E-state index in [9.17, 15) is 9.59 Å². The molecule has 1 saturated heterocycles. The van der Waals surface area contributed by atoms with E-state index in [0.717, 1.165) is 11.1 Å². The molecule has 0 unspecified atom stereocenters. The third kappa shape index (κ3) is 4.36. The van der Waals surface area contributed by atoms with Crippen LogP contribution >= 0.6 is 0 Å². The van der Waals surface area contributed by atoms with Gasteiger partial charge in [0.25, 0.3) is 11.5 Å². The lowest BCUT2D eigenvalue weighted by molar-refractivity contribution is 0.0625. The molecule has 1 fully saturated rings. The smallest absolute Gasteiger partial charge is 0.270 e. The monoisotopic (exact) mass is 452 g/mol. The summed E-state index contributed by atoms with van der Waals surface area (Å²) in [5, 5.41) is 0. The van der Waals surface area contributed by atoms with Crippen LogP contribution < -0.4 is 19.8 Å². The number of piperazine rings is 1. The number of rotatable bonds is 6. The van der Waals surface area contributed by atoms with Gasteiger partial charge in [0, 0.05) is 50.7 Å². The van der Waals surface area contributed by atoms with E-state index in [-0.39, 0.29) is 17.0 Å². The molecule has 1 aromatic carbocycles. The van der Waals surface area contributed by atoms with E-state index in [2.05, 4.69) is 9.88 Å². The number of carbonyl (C=O) groups is 1. The van der Waals surface area contributed by atoms with Gasteiger partial charge in [0.15, 0.2) is 11.5 Å². The summed E-state index contributed by atoms with van der Waals surface area (Å²) in [6.45, 7) is 4.92. The van der Waals surface area contributed by atoms with Crippen LogP contribution in [0.15, 0.2) is 41.5 Å². The largest absolute Gasteiger partial charge is 0.493 e. The van der Waals surface area contributed by atoms with Crippen molar-refractivity contribution >= 4 is 11.6 Å². The van der Waals surface area contributed by atoms with Gasteiger partial charge in [-0.05, 0) is 24.6 Å². The number of methoxy groups -OCH3 is 3. The highest BCUT2D eigenvalue weighted by Crippen LogP contribution is 2.40. The number of pyridine rings is 1. The van der Waals surface area contributed by atoms with Crippen LogP contribution in [0, 0.1) is 6.92 Å². The molecule has 0 saturated carbocycles. The van der Waals surface area contributed by atoms with Crippen molar-refractivity contribution in [3.63, 3.8) is 0 Å². The van der Waals surface area contributed by atoms with Gasteiger partial charge in [0.2, 0.25) is 5.75 Å². The zero-order chi connectivity index (χ0) is 23.5. The summed E-state index contributed by atoms with van der Waals surface area (Å²) in [5.74, 6) is 1.53. The fraction of sp³-hybridized carbons (Fsp3) is 0.375. The summed E-state index contributed by atoms with van der Waals surface area (Å²) < 4.78 is 17.8. The lowest BCUT2D eigenvalue weighted by Gasteiger charge is -2.35. The van der Waals surface area contributed by atoms with E-state index in [4.69, 9.17) is 14.2 Å². The van der Waals surface area contributed by atoms with Crippen LogP contribution in [0.4, 0.5) is 0 Å². The van der Waals surface area contributed by atoms with Crippen molar-refractivity contribution in [3.05, 3.63) is 63.7 Å². The highest BCUT2D eigenvalue weighted by atomic mass is 16.5. The molecule has 4 rings (SSSR count). The number of fused-ring (bicyclic) bond motifs is 1. The fourth-order valence-electron chi connectivity index (χ4n) is 4.14. The molecule has 33 heavy (non-hydrogen) atoms. The molecule has 174 valence electrons. The first-order valence-electron chi connectivity index (χ1n) is 10.7. The quantitative estimate of drug-likeness (QED) is 0.565. The molecule has 3 aromatic rings. The van der Waals surface area contributed by atoms with Crippen molar-refractivity contribution in [1.29, 1.82) is 0 Å². The Balaban J connectivity index is 1.47. The van der Waals surface area contributed by atoms with Crippen molar-refractivity contribution in [2.45, 2.75) is 13.5 Å². The highest BCUT2D eigenvalue weighted by molar-refractivity contribution is 5.93. The molecule has 0 bridgehead atoms. The van der Waals surface area contributed by atoms with E-state index in [1.165, 1.54) is 10.6 Å². The van der Waals surface area contributed by atoms with E-state index in [0.29, 0.717) is 55.6 Å². The first-order valence-corrected chi connectivity index (χ1v) is 10.7. The molecular weight excluding hydrogens is 424 g/mol. The summed E-state index contributed by atoms with van der Waals surface area (Å²) in [7, 11) is 4.78. The lowest BCUT2D eigenvalue weighted by atomic mass is 10.1. The molecule has 1 amide bonds. The van der Waals surface area contributed by atoms with Gasteiger partial charge >= 0.3 is 0 Å². The first kappa shape index (κ1) is 22.6. The molecule has 0 radical (unpaired) electrons. The second-order valence-corrected chi connectivity index (χ2v) is 7.97. The van der Waals surface area contributed by atoms with Gasteiger partial charge in [-0.25, -0.2) is 4.98 Å². The molecule has 0 N–H and O–H groups in total. The van der Waals surface area contributed by atoms with Crippen molar-refractivity contribution in [1.82, 2.24) is 19.2 Å². The normalized spacial score (nSPS) is 14.4. The number of amides is 1. The van der Waals surface area contributed by atoms with Gasteiger partial charge in [-0.3, -0.25) is 18.9 Å². The van der Waals surface area contributed by atoms with Gasteiger partial charge in [0.05, 0.1) is 21.3 Å². The first-order chi connectivity index (χ1) is 16.0. The van der Waals surface area contributed by atoms with Gasteiger partial charge in [0.1, 0.15) is 11.2 Å². The number of hydrogen-bond acceptors (Lipinski definition) is 7. The Morgan fingerprint density at radius 2 is 1.70 bits per heavy atom. The van der Waals surface area contributed by atoms with Crippen molar-refractivity contribution in [2.75, 3.05) is 47.5 Å². The summed E-state index contributed by atoms with van der Waals surface area (Å²) in [5.41, 5.74) is 2.17. The van der Waals surface area contributed by atoms with Crippen LogP contribution in [0.3, 0.4) is 0 Å². The van der Waals surface area contributed by atoms with Crippen LogP contribution in [-0.4, -0.2) is 72.6 Å². The van der Waals surface area contributed by atoms with Gasteiger partial charge in [-0.1, -0.05) is 12.1 Å². The minimum Gasteiger partial charge on any atom is -0.493 e. The second kappa shape index (κ2) is 9.50. The molecule has 9 nitrogen and oxygen atoms in total. The number of aryl methyl sites for hydroxylation is 1. The molecular formula is C24H28N4O5. The number of nitrogens with zero attached hydrogens (tertiary/aromatic N) is 4. The SMILES string of the molecule is COc1ccc(CN2CCN(C(=O)c3cnc4ccc(C)cn4c3=O)CC2)c(OC)c1OC. The van der Waals surface area contributed by atoms with Crippen molar-refractivity contribution < 1.29 is 19.0 Å². The Morgan fingerprint density at radius 1 is 0.970 bits per heavy atom. The van der Waals surface area contributed by atoms with Crippen molar-refractivity contribution in [2.24, 2.45) is 0 Å². The zero-order valence-corrected chi connectivity index (χ0v) is 19.3. The Labute approximate surface area is 192 Å². The standard InChI is InChI=1S/C24H28N4O5/c1-16-5-8-20-25-13-18(24(30)28(20)14-16)23(29)27-11-9-26(10-12-27)15-17-6-7-19(31-2)22(33-4)21(17)32-3/h5-8,13-14H,9-12,15H2,1-4H3. The molecule has 1 aliphatic heterocycles. The molecule has 9 heteroatoms. The topological polar surface area (TPSA) is 85.6 Å². The van der Waals surface area contributed by atoms with Crippen LogP contribution in [0.2, 0.25) is 0 Å². The molecule has 1 aliphatic rings. The summed E-state index contributed by atoms with van der Waals surface area (Å²) in [6.07, 6.45) is 3.09. The number of ether oxygens (including phenoxy) is 3. The Hall–Kier alpha value is -3.59. The molecule has 0 atom stereocenters. The number of benzene rings is 1. The maximum Gasteiger partial charge on any atom is 0.270 e. The number of hydrogen-bond donors (Lipinski definition) is 0. The average molecular weight is 453 g/mol. The summed E-state index contributed by atoms with van der Waals surface area (Å²) in [4.78, 5) is 34.2. The number of aromatic nitrogens is 2. The Bertz CT molecular complexity index is 1230. The Morgan fingerprint density at radius 3 is 2.36 bits per heavy atom. The van der Waals surface area contributed by atoms with Crippen LogP contribution in [0.5, 0.6) is 17.2 Å². The van der Waals surface area contributed by atoms with Crippen molar-refractivity contribution in [3.8, 4) is 17.2 Å². The predicted molar refractivity (Wildman–Crippen MR) is 123 cm³/mol. The fourth-order valence-corrected chi connectivity index (χ4v) is 4.14. The molecule has 2 aromatic heterocycles.